The molecule has 0 saturated carbocycles. The molecular formula is C25H25N7O3. The van der Waals surface area contributed by atoms with E-state index in [9.17, 15) is 9.59 Å². The average Bonchev–Trinajstić information content (AvgIpc) is 3.69. The molecule has 2 aromatic heterocycles. The number of aryl methyl sites for hydroxylation is 1. The molecule has 2 aliphatic rings. The largest absolute Gasteiger partial charge is 0.343 e. The Morgan fingerprint density at radius 3 is 2.74 bits per heavy atom. The minimum Gasteiger partial charge on any atom is -0.343 e. The number of nitrogens with zero attached hydrogens (tertiary/aromatic N) is 7. The van der Waals surface area contributed by atoms with Crippen LogP contribution in [0, 0.1) is 0 Å². The first-order chi connectivity index (χ1) is 17.2. The quantitative estimate of drug-likeness (QED) is 0.425. The lowest BCUT2D eigenvalue weighted by Crippen LogP contribution is -2.28. The predicted octanol–water partition coefficient (Wildman–Crippen LogP) is 3.01. The summed E-state index contributed by atoms with van der Waals surface area (Å²) in [5, 5.41) is 12.6. The van der Waals surface area contributed by atoms with E-state index in [-0.39, 0.29) is 17.7 Å². The van der Waals surface area contributed by atoms with Gasteiger partial charge in [0.25, 0.3) is 0 Å². The number of hydrogen-bond donors (Lipinski definition) is 0. The van der Waals surface area contributed by atoms with Gasteiger partial charge in [0.05, 0.1) is 18.0 Å². The molecule has 6 rings (SSSR count). The molecule has 2 aromatic carbocycles. The van der Waals surface area contributed by atoms with Crippen molar-refractivity contribution in [2.75, 3.05) is 24.5 Å². The smallest absolute Gasteiger partial charge is 0.232 e. The molecule has 2 aliphatic heterocycles. The third-order valence-electron chi connectivity index (χ3n) is 6.75. The summed E-state index contributed by atoms with van der Waals surface area (Å²) in [5.74, 6) is 0.962. The van der Waals surface area contributed by atoms with Gasteiger partial charge in [-0.05, 0) is 43.2 Å². The maximum Gasteiger partial charge on any atom is 0.232 e. The second-order valence-corrected chi connectivity index (χ2v) is 9.05. The van der Waals surface area contributed by atoms with E-state index in [1.54, 1.807) is 9.58 Å². The fourth-order valence-corrected chi connectivity index (χ4v) is 4.85. The van der Waals surface area contributed by atoms with Gasteiger partial charge in [0.15, 0.2) is 0 Å². The Bertz CT molecular complexity index is 1370. The molecular weight excluding hydrogens is 446 g/mol. The molecule has 10 nitrogen and oxygen atoms in total. The second-order valence-electron chi connectivity index (χ2n) is 9.05. The van der Waals surface area contributed by atoms with Crippen LogP contribution < -0.4 is 4.90 Å². The molecule has 0 aliphatic carbocycles. The number of benzene rings is 2. The molecule has 0 bridgehead atoms. The number of amides is 2. The number of anilines is 1. The van der Waals surface area contributed by atoms with Gasteiger partial charge in [-0.3, -0.25) is 9.59 Å². The molecule has 2 saturated heterocycles. The standard InChI is InChI=1S/C25H25N7O3/c33-22(30-11-4-5-12-30)10-13-32-21-9-8-17(14-20(21)27-29-32)24-26-25(35-28-24)18-15-23(34)31(16-18)19-6-2-1-3-7-19/h1-3,6-9,14,18H,4-5,10-13,15-16H2. The molecule has 1 unspecified atom stereocenters. The monoisotopic (exact) mass is 471 g/mol. The number of likely N-dealkylation sites (tertiary alicyclic amines) is 1. The van der Waals surface area contributed by atoms with E-state index in [2.05, 4.69) is 20.5 Å². The maximum absolute atomic E-state index is 12.5. The normalized spacial score (nSPS) is 18.2. The highest BCUT2D eigenvalue weighted by Crippen LogP contribution is 2.32. The van der Waals surface area contributed by atoms with Crippen molar-refractivity contribution in [2.45, 2.75) is 38.1 Å². The summed E-state index contributed by atoms with van der Waals surface area (Å²) in [6.45, 7) is 2.71. The summed E-state index contributed by atoms with van der Waals surface area (Å²) in [5.41, 5.74) is 3.19. The zero-order chi connectivity index (χ0) is 23.8. The third kappa shape index (κ3) is 4.16. The van der Waals surface area contributed by atoms with Crippen LogP contribution in [0.15, 0.2) is 53.1 Å². The fourth-order valence-electron chi connectivity index (χ4n) is 4.85. The average molecular weight is 472 g/mol. The Labute approximate surface area is 201 Å². The van der Waals surface area contributed by atoms with Crippen molar-refractivity contribution in [2.24, 2.45) is 0 Å². The van der Waals surface area contributed by atoms with Gasteiger partial charge in [-0.2, -0.15) is 4.98 Å². The first-order valence-electron chi connectivity index (χ1n) is 12.0. The van der Waals surface area contributed by atoms with E-state index in [1.165, 1.54) is 0 Å². The Morgan fingerprint density at radius 2 is 1.91 bits per heavy atom. The van der Waals surface area contributed by atoms with Crippen LogP contribution in [-0.2, 0) is 16.1 Å². The van der Waals surface area contributed by atoms with Crippen molar-refractivity contribution in [3.05, 3.63) is 54.4 Å². The van der Waals surface area contributed by atoms with Gasteiger partial charge in [-0.1, -0.05) is 28.6 Å². The van der Waals surface area contributed by atoms with Gasteiger partial charge < -0.3 is 14.3 Å². The molecule has 0 spiro atoms. The first-order valence-corrected chi connectivity index (χ1v) is 12.0. The van der Waals surface area contributed by atoms with Crippen LogP contribution in [0.3, 0.4) is 0 Å². The lowest BCUT2D eigenvalue weighted by Gasteiger charge is -2.15. The topological polar surface area (TPSA) is 110 Å². The Balaban J connectivity index is 1.15. The van der Waals surface area contributed by atoms with E-state index < -0.39 is 0 Å². The number of aromatic nitrogens is 5. The molecule has 10 heteroatoms. The first kappa shape index (κ1) is 21.5. The highest BCUT2D eigenvalue weighted by molar-refractivity contribution is 5.96. The van der Waals surface area contributed by atoms with Crippen molar-refractivity contribution in [3.63, 3.8) is 0 Å². The Morgan fingerprint density at radius 1 is 1.09 bits per heavy atom. The van der Waals surface area contributed by atoms with Crippen LogP contribution in [0.5, 0.6) is 0 Å². The van der Waals surface area contributed by atoms with Crippen molar-refractivity contribution in [1.82, 2.24) is 30.0 Å². The van der Waals surface area contributed by atoms with Crippen molar-refractivity contribution < 1.29 is 14.1 Å². The Hall–Kier alpha value is -4.08. The van der Waals surface area contributed by atoms with E-state index in [4.69, 9.17) is 4.52 Å². The summed E-state index contributed by atoms with van der Waals surface area (Å²) in [7, 11) is 0. The van der Waals surface area contributed by atoms with Crippen LogP contribution in [0.25, 0.3) is 22.4 Å². The van der Waals surface area contributed by atoms with Gasteiger partial charge >= 0.3 is 0 Å². The molecule has 0 N–H and O–H groups in total. The zero-order valence-electron chi connectivity index (χ0n) is 19.2. The van der Waals surface area contributed by atoms with E-state index in [0.29, 0.717) is 43.2 Å². The molecule has 4 heterocycles. The summed E-state index contributed by atoms with van der Waals surface area (Å²) in [4.78, 5) is 33.2. The molecule has 4 aromatic rings. The number of carbonyl (C=O) groups is 2. The van der Waals surface area contributed by atoms with Crippen LogP contribution in [0.1, 0.15) is 37.5 Å². The van der Waals surface area contributed by atoms with Gasteiger partial charge in [-0.15, -0.1) is 5.10 Å². The summed E-state index contributed by atoms with van der Waals surface area (Å²) < 4.78 is 7.30. The number of carbonyl (C=O) groups excluding carboxylic acids is 2. The second kappa shape index (κ2) is 8.94. The lowest BCUT2D eigenvalue weighted by atomic mass is 10.1. The van der Waals surface area contributed by atoms with Gasteiger partial charge in [0.1, 0.15) is 5.52 Å². The minimum absolute atomic E-state index is 0.0437. The van der Waals surface area contributed by atoms with E-state index in [1.807, 2.05) is 53.4 Å². The molecule has 1 atom stereocenters. The zero-order valence-corrected chi connectivity index (χ0v) is 19.2. The SMILES string of the molecule is O=C(CCn1nnc2cc(-c3noc(C4CC(=O)N(c5ccccc5)C4)n3)ccc21)N1CCCC1. The number of hydrogen-bond acceptors (Lipinski definition) is 7. The highest BCUT2D eigenvalue weighted by Gasteiger charge is 2.35. The van der Waals surface area contributed by atoms with E-state index in [0.717, 1.165) is 42.7 Å². The minimum atomic E-state index is -0.151. The highest BCUT2D eigenvalue weighted by atomic mass is 16.5. The van der Waals surface area contributed by atoms with Crippen LogP contribution in [0.4, 0.5) is 5.69 Å². The number of para-hydroxylation sites is 1. The molecule has 2 amide bonds. The maximum atomic E-state index is 12.5. The van der Waals surface area contributed by atoms with Crippen molar-refractivity contribution in [1.29, 1.82) is 0 Å². The molecule has 178 valence electrons. The van der Waals surface area contributed by atoms with Crippen molar-refractivity contribution >= 4 is 28.5 Å². The van der Waals surface area contributed by atoms with Crippen LogP contribution >= 0.6 is 0 Å². The van der Waals surface area contributed by atoms with Gasteiger partial charge in [-0.25, -0.2) is 4.68 Å². The van der Waals surface area contributed by atoms with E-state index >= 15 is 0 Å². The predicted molar refractivity (Wildman–Crippen MR) is 127 cm³/mol. The van der Waals surface area contributed by atoms with Gasteiger partial charge in [0.2, 0.25) is 23.5 Å². The lowest BCUT2D eigenvalue weighted by molar-refractivity contribution is -0.130. The summed E-state index contributed by atoms with van der Waals surface area (Å²) in [6.07, 6.45) is 2.91. The van der Waals surface area contributed by atoms with Crippen LogP contribution in [0.2, 0.25) is 0 Å². The summed E-state index contributed by atoms with van der Waals surface area (Å²) >= 11 is 0. The molecule has 35 heavy (non-hydrogen) atoms. The number of fused-ring (bicyclic) bond motifs is 1. The Kier molecular flexibility index (Phi) is 5.48. The number of rotatable bonds is 6. The van der Waals surface area contributed by atoms with Gasteiger partial charge in [0, 0.05) is 43.7 Å². The molecule has 0 radical (unpaired) electrons. The fraction of sp³-hybridized carbons (Fsp3) is 0.360. The molecule has 2 fully saturated rings. The van der Waals surface area contributed by atoms with Crippen molar-refractivity contribution in [3.8, 4) is 11.4 Å². The summed E-state index contributed by atoms with van der Waals surface area (Å²) in [6, 6.07) is 15.3. The van der Waals surface area contributed by atoms with Crippen LogP contribution in [-0.4, -0.2) is 61.5 Å². The third-order valence-corrected chi connectivity index (χ3v) is 6.75.